The first kappa shape index (κ1) is 26.7. The molecule has 0 saturated heterocycles. The van der Waals surface area contributed by atoms with Crippen molar-refractivity contribution in [2.45, 2.75) is 37.4 Å². The molecule has 1 aromatic carbocycles. The summed E-state index contributed by atoms with van der Waals surface area (Å²) in [5, 5.41) is 26.2. The van der Waals surface area contributed by atoms with Crippen LogP contribution in [0, 0.1) is 0 Å². The number of nitrogens with one attached hydrogen (secondary N) is 4. The third-order valence-electron chi connectivity index (χ3n) is 4.97. The molecule has 3 atom stereocenters. The zero-order valence-electron chi connectivity index (χ0n) is 18.1. The van der Waals surface area contributed by atoms with Gasteiger partial charge in [0, 0.05) is 35.7 Å². The molecule has 1 aromatic heterocycles. The molecule has 3 unspecified atom stereocenters. The second kappa shape index (κ2) is 12.6. The predicted molar refractivity (Wildman–Crippen MR) is 125 cm³/mol. The summed E-state index contributed by atoms with van der Waals surface area (Å²) >= 11 is 3.90. The molecule has 0 saturated carbocycles. The number of aromatic amines is 1. The number of hydrogen-bond acceptors (Lipinski definition) is 7. The fraction of sp³-hybridized carbons (Fsp3) is 0.381. The predicted octanol–water partition coefficient (Wildman–Crippen LogP) is -0.997. The number of amides is 3. The number of benzene rings is 1. The Labute approximate surface area is 200 Å². The van der Waals surface area contributed by atoms with Gasteiger partial charge in [-0.05, 0) is 18.1 Å². The van der Waals surface area contributed by atoms with Crippen molar-refractivity contribution in [3.8, 4) is 0 Å². The Balaban J connectivity index is 1.97. The Morgan fingerprint density at radius 3 is 2.38 bits per heavy atom. The molecule has 1 heterocycles. The first-order valence-electron chi connectivity index (χ1n) is 10.4. The number of carboxylic acid groups (broad SMARTS) is 2. The molecule has 8 N–H and O–H groups in total. The van der Waals surface area contributed by atoms with Gasteiger partial charge in [-0.15, -0.1) is 0 Å². The zero-order valence-corrected chi connectivity index (χ0v) is 19.0. The van der Waals surface area contributed by atoms with Gasteiger partial charge in [0.05, 0.1) is 12.6 Å². The van der Waals surface area contributed by atoms with E-state index < -0.39 is 60.8 Å². The van der Waals surface area contributed by atoms with Crippen LogP contribution in [-0.4, -0.2) is 75.3 Å². The second-order valence-electron chi connectivity index (χ2n) is 7.52. The van der Waals surface area contributed by atoms with E-state index in [2.05, 4.69) is 33.6 Å². The first-order valence-corrected chi connectivity index (χ1v) is 11.0. The summed E-state index contributed by atoms with van der Waals surface area (Å²) in [7, 11) is 0. The SMILES string of the molecule is NC(CS)C(=O)NC(CCC(=O)O)C(=O)NCC(=O)NC(Cc1c[nH]c2ccccc12)C(=O)O. The van der Waals surface area contributed by atoms with E-state index in [4.69, 9.17) is 10.8 Å². The van der Waals surface area contributed by atoms with Gasteiger partial charge < -0.3 is 36.9 Å². The smallest absolute Gasteiger partial charge is 0.326 e. The van der Waals surface area contributed by atoms with E-state index in [1.807, 2.05) is 24.3 Å². The summed E-state index contributed by atoms with van der Waals surface area (Å²) < 4.78 is 0. The highest BCUT2D eigenvalue weighted by Crippen LogP contribution is 2.19. The molecule has 184 valence electrons. The van der Waals surface area contributed by atoms with Crippen LogP contribution in [0.4, 0.5) is 0 Å². The number of para-hydroxylation sites is 1. The number of nitrogens with two attached hydrogens (primary N) is 1. The van der Waals surface area contributed by atoms with Crippen molar-refractivity contribution in [1.29, 1.82) is 0 Å². The van der Waals surface area contributed by atoms with E-state index in [1.54, 1.807) is 6.20 Å². The van der Waals surface area contributed by atoms with Crippen LogP contribution in [0.25, 0.3) is 10.9 Å². The Morgan fingerprint density at radius 1 is 1.03 bits per heavy atom. The number of carbonyl (C=O) groups excluding carboxylic acids is 3. The van der Waals surface area contributed by atoms with Crippen molar-refractivity contribution < 1.29 is 34.2 Å². The number of fused-ring (bicyclic) bond motifs is 1. The summed E-state index contributed by atoms with van der Waals surface area (Å²) in [6, 6.07) is 3.81. The molecule has 2 rings (SSSR count). The molecule has 0 aliphatic heterocycles. The van der Waals surface area contributed by atoms with E-state index in [0.717, 1.165) is 10.9 Å². The highest BCUT2D eigenvalue weighted by atomic mass is 32.1. The maximum atomic E-state index is 12.4. The summed E-state index contributed by atoms with van der Waals surface area (Å²) in [6.07, 6.45) is 1.04. The highest BCUT2D eigenvalue weighted by molar-refractivity contribution is 7.80. The largest absolute Gasteiger partial charge is 0.481 e. The van der Waals surface area contributed by atoms with Crippen molar-refractivity contribution in [2.75, 3.05) is 12.3 Å². The van der Waals surface area contributed by atoms with Gasteiger partial charge >= 0.3 is 11.9 Å². The average molecular weight is 494 g/mol. The lowest BCUT2D eigenvalue weighted by atomic mass is 10.0. The van der Waals surface area contributed by atoms with Crippen molar-refractivity contribution in [3.63, 3.8) is 0 Å². The average Bonchev–Trinajstić information content (AvgIpc) is 3.21. The second-order valence-corrected chi connectivity index (χ2v) is 7.89. The van der Waals surface area contributed by atoms with Gasteiger partial charge in [-0.1, -0.05) is 18.2 Å². The fourth-order valence-electron chi connectivity index (χ4n) is 3.15. The summed E-state index contributed by atoms with van der Waals surface area (Å²) in [6.45, 7) is -0.575. The molecule has 13 heteroatoms. The number of aromatic nitrogens is 1. The molecule has 0 aliphatic rings. The molecular formula is C21H27N5O7S. The van der Waals surface area contributed by atoms with Crippen molar-refractivity contribution in [1.82, 2.24) is 20.9 Å². The molecular weight excluding hydrogens is 466 g/mol. The van der Waals surface area contributed by atoms with Gasteiger partial charge in [0.25, 0.3) is 0 Å². The maximum Gasteiger partial charge on any atom is 0.326 e. The van der Waals surface area contributed by atoms with Crippen LogP contribution < -0.4 is 21.7 Å². The molecule has 0 bridgehead atoms. The number of thiol groups is 1. The Bertz CT molecular complexity index is 1060. The van der Waals surface area contributed by atoms with E-state index in [1.165, 1.54) is 0 Å². The minimum absolute atomic E-state index is 0.00845. The van der Waals surface area contributed by atoms with Gasteiger partial charge in [-0.25, -0.2) is 4.79 Å². The molecule has 34 heavy (non-hydrogen) atoms. The van der Waals surface area contributed by atoms with E-state index in [0.29, 0.717) is 5.56 Å². The Kier molecular flexibility index (Phi) is 9.89. The molecule has 2 aromatic rings. The molecule has 0 spiro atoms. The van der Waals surface area contributed by atoms with Gasteiger partial charge in [-0.2, -0.15) is 12.6 Å². The van der Waals surface area contributed by atoms with Crippen LogP contribution in [0.2, 0.25) is 0 Å². The third kappa shape index (κ3) is 7.78. The minimum Gasteiger partial charge on any atom is -0.481 e. The van der Waals surface area contributed by atoms with E-state index >= 15 is 0 Å². The molecule has 3 amide bonds. The maximum absolute atomic E-state index is 12.4. The lowest BCUT2D eigenvalue weighted by Gasteiger charge is -2.20. The van der Waals surface area contributed by atoms with Crippen molar-refractivity contribution in [3.05, 3.63) is 36.0 Å². The number of carbonyl (C=O) groups is 5. The lowest BCUT2D eigenvalue weighted by molar-refractivity contribution is -0.141. The molecule has 0 aliphatic carbocycles. The van der Waals surface area contributed by atoms with Crippen molar-refractivity contribution in [2.24, 2.45) is 5.73 Å². The normalized spacial score (nSPS) is 13.5. The quantitative estimate of drug-likeness (QED) is 0.162. The van der Waals surface area contributed by atoms with Crippen molar-refractivity contribution >= 4 is 53.2 Å². The highest BCUT2D eigenvalue weighted by Gasteiger charge is 2.26. The number of aliphatic carboxylic acids is 2. The van der Waals surface area contributed by atoms with Crippen LogP contribution >= 0.6 is 12.6 Å². The number of H-pyrrole nitrogens is 1. The molecule has 0 radical (unpaired) electrons. The minimum atomic E-state index is -1.25. The van der Waals surface area contributed by atoms with Crippen LogP contribution in [0.5, 0.6) is 0 Å². The summed E-state index contributed by atoms with van der Waals surface area (Å²) in [5.41, 5.74) is 7.08. The Hall–Kier alpha value is -3.58. The molecule has 0 fully saturated rings. The zero-order chi connectivity index (χ0) is 25.3. The summed E-state index contributed by atoms with van der Waals surface area (Å²) in [5.74, 6) is -4.69. The van der Waals surface area contributed by atoms with Gasteiger partial charge in [0.1, 0.15) is 12.1 Å². The van der Waals surface area contributed by atoms with E-state index in [9.17, 15) is 29.1 Å². The lowest BCUT2D eigenvalue weighted by Crippen LogP contribution is -2.54. The van der Waals surface area contributed by atoms with Crippen LogP contribution in [-0.2, 0) is 30.4 Å². The third-order valence-corrected chi connectivity index (χ3v) is 5.36. The standard InChI is InChI=1S/C21H27N5O7S/c22-13(10-34)19(30)26-15(5-6-18(28)29)20(31)24-9-17(27)25-16(21(32)33)7-11-8-23-14-4-2-1-3-12(11)14/h1-4,8,13,15-16,23,34H,5-7,9-10,22H2,(H,24,31)(H,25,27)(H,26,30)(H,28,29)(H,32,33). The number of rotatable bonds is 13. The monoisotopic (exact) mass is 493 g/mol. The number of carboxylic acids is 2. The molecule has 12 nitrogen and oxygen atoms in total. The Morgan fingerprint density at radius 2 is 1.74 bits per heavy atom. The fourth-order valence-corrected chi connectivity index (χ4v) is 3.32. The summed E-state index contributed by atoms with van der Waals surface area (Å²) in [4.78, 5) is 62.3. The van der Waals surface area contributed by atoms with Crippen LogP contribution in [0.3, 0.4) is 0 Å². The van der Waals surface area contributed by atoms with Crippen LogP contribution in [0.1, 0.15) is 18.4 Å². The van der Waals surface area contributed by atoms with E-state index in [-0.39, 0.29) is 18.6 Å². The first-order chi connectivity index (χ1) is 16.1. The van der Waals surface area contributed by atoms with Gasteiger partial charge in [0.2, 0.25) is 17.7 Å². The van der Waals surface area contributed by atoms with Gasteiger partial charge in [0.15, 0.2) is 0 Å². The number of hydrogen-bond donors (Lipinski definition) is 8. The van der Waals surface area contributed by atoms with Gasteiger partial charge in [-0.3, -0.25) is 19.2 Å². The topological polar surface area (TPSA) is 204 Å². The van der Waals surface area contributed by atoms with Crippen LogP contribution in [0.15, 0.2) is 30.5 Å².